The first kappa shape index (κ1) is 14.1. The molecule has 20 heavy (non-hydrogen) atoms. The van der Waals surface area contributed by atoms with E-state index in [1.165, 1.54) is 6.08 Å². The van der Waals surface area contributed by atoms with E-state index in [0.717, 1.165) is 31.2 Å². The average Bonchev–Trinajstić information content (AvgIpc) is 2.49. The number of nitriles is 2. The summed E-state index contributed by atoms with van der Waals surface area (Å²) in [7, 11) is 0. The Hall–Kier alpha value is -2.30. The van der Waals surface area contributed by atoms with Gasteiger partial charge in [0.15, 0.2) is 0 Å². The number of aliphatic hydroxyl groups excluding tert-OH is 1. The number of hydrogen-bond donors (Lipinski definition) is 1. The van der Waals surface area contributed by atoms with Gasteiger partial charge in [0, 0.05) is 0 Å². The lowest BCUT2D eigenvalue weighted by Crippen LogP contribution is -2.34. The van der Waals surface area contributed by atoms with Crippen molar-refractivity contribution in [2.24, 2.45) is 0 Å². The molecule has 0 radical (unpaired) electrons. The van der Waals surface area contributed by atoms with Crippen LogP contribution in [0.5, 0.6) is 5.75 Å². The highest BCUT2D eigenvalue weighted by atomic mass is 16.5. The third-order valence-electron chi connectivity index (χ3n) is 3.39. The van der Waals surface area contributed by atoms with Gasteiger partial charge in [-0.3, -0.25) is 0 Å². The molecule has 0 heterocycles. The van der Waals surface area contributed by atoms with E-state index >= 15 is 0 Å². The molecule has 0 spiro atoms. The van der Waals surface area contributed by atoms with Crippen LogP contribution in [0.15, 0.2) is 29.8 Å². The minimum Gasteiger partial charge on any atom is -0.488 e. The fraction of sp³-hybridized carbons (Fsp3) is 0.375. The number of benzene rings is 1. The number of ether oxygens (including phenoxy) is 1. The van der Waals surface area contributed by atoms with Crippen molar-refractivity contribution >= 4 is 6.08 Å². The molecule has 2 atom stereocenters. The van der Waals surface area contributed by atoms with Gasteiger partial charge >= 0.3 is 0 Å². The molecule has 2 rings (SSSR count). The second kappa shape index (κ2) is 6.75. The molecule has 1 aromatic rings. The monoisotopic (exact) mass is 268 g/mol. The van der Waals surface area contributed by atoms with Crippen LogP contribution in [-0.2, 0) is 0 Å². The first-order chi connectivity index (χ1) is 9.72. The highest BCUT2D eigenvalue weighted by molar-refractivity contribution is 5.62. The van der Waals surface area contributed by atoms with E-state index in [2.05, 4.69) is 0 Å². The molecule has 0 aliphatic heterocycles. The van der Waals surface area contributed by atoms with E-state index in [1.54, 1.807) is 24.3 Å². The van der Waals surface area contributed by atoms with Crippen LogP contribution in [0.25, 0.3) is 6.08 Å². The van der Waals surface area contributed by atoms with Gasteiger partial charge in [-0.2, -0.15) is 10.5 Å². The van der Waals surface area contributed by atoms with Gasteiger partial charge in [0.1, 0.15) is 29.6 Å². The maximum absolute atomic E-state index is 9.86. The minimum absolute atomic E-state index is 0.0707. The smallest absolute Gasteiger partial charge is 0.130 e. The normalized spacial score (nSPS) is 21.4. The van der Waals surface area contributed by atoms with Crippen molar-refractivity contribution in [1.29, 1.82) is 10.5 Å². The molecule has 0 amide bonds. The first-order valence-electron chi connectivity index (χ1n) is 6.69. The number of allylic oxidation sites excluding steroid dienone is 1. The lowest BCUT2D eigenvalue weighted by atomic mass is 9.95. The van der Waals surface area contributed by atoms with Crippen LogP contribution in [0.3, 0.4) is 0 Å². The van der Waals surface area contributed by atoms with Gasteiger partial charge in [0.2, 0.25) is 0 Å². The topological polar surface area (TPSA) is 77.0 Å². The summed E-state index contributed by atoms with van der Waals surface area (Å²) in [6, 6.07) is 10.8. The molecule has 4 nitrogen and oxygen atoms in total. The molecule has 1 aliphatic rings. The van der Waals surface area contributed by atoms with Crippen LogP contribution in [0, 0.1) is 22.7 Å². The lowest BCUT2D eigenvalue weighted by molar-refractivity contribution is 0.00687. The Morgan fingerprint density at radius 2 is 1.80 bits per heavy atom. The van der Waals surface area contributed by atoms with Gasteiger partial charge in [-0.1, -0.05) is 18.6 Å². The molecule has 1 aliphatic carbocycles. The molecule has 1 aromatic carbocycles. The van der Waals surface area contributed by atoms with Crippen LogP contribution in [0.4, 0.5) is 0 Å². The minimum atomic E-state index is -0.396. The molecular weight excluding hydrogens is 252 g/mol. The molecule has 0 unspecified atom stereocenters. The van der Waals surface area contributed by atoms with E-state index in [0.29, 0.717) is 5.75 Å². The maximum Gasteiger partial charge on any atom is 0.130 e. The quantitative estimate of drug-likeness (QED) is 0.855. The number of aliphatic hydroxyl groups is 1. The standard InChI is InChI=1S/C16H16N2O2/c17-10-13(11-18)9-12-5-7-14(8-6-12)20-16-4-2-1-3-15(16)19/h5-9,15-16,19H,1-4H2/t15-,16-/m0/s1. The predicted octanol–water partition coefficient (Wildman–Crippen LogP) is 2.80. The summed E-state index contributed by atoms with van der Waals surface area (Å²) in [6.07, 6.45) is 4.78. The maximum atomic E-state index is 9.86. The van der Waals surface area contributed by atoms with Crippen LogP contribution in [-0.4, -0.2) is 17.3 Å². The van der Waals surface area contributed by atoms with Gasteiger partial charge in [-0.15, -0.1) is 0 Å². The van der Waals surface area contributed by atoms with Gasteiger partial charge in [-0.25, -0.2) is 0 Å². The zero-order valence-corrected chi connectivity index (χ0v) is 11.1. The number of rotatable bonds is 3. The number of hydrogen-bond acceptors (Lipinski definition) is 4. The summed E-state index contributed by atoms with van der Waals surface area (Å²) in [5.41, 5.74) is 0.848. The Morgan fingerprint density at radius 3 is 2.40 bits per heavy atom. The molecular formula is C16H16N2O2. The van der Waals surface area contributed by atoms with Crippen molar-refractivity contribution in [3.05, 3.63) is 35.4 Å². The second-order valence-electron chi connectivity index (χ2n) is 4.86. The van der Waals surface area contributed by atoms with Crippen molar-refractivity contribution in [3.8, 4) is 17.9 Å². The molecule has 4 heteroatoms. The Kier molecular flexibility index (Phi) is 4.76. The van der Waals surface area contributed by atoms with Gasteiger partial charge in [-0.05, 0) is 43.0 Å². The van der Waals surface area contributed by atoms with Gasteiger partial charge in [0.05, 0.1) is 6.10 Å². The Labute approximate surface area is 118 Å². The van der Waals surface area contributed by atoms with E-state index in [1.807, 2.05) is 12.1 Å². The van der Waals surface area contributed by atoms with Gasteiger partial charge < -0.3 is 9.84 Å². The van der Waals surface area contributed by atoms with Crippen LogP contribution in [0.1, 0.15) is 31.2 Å². The van der Waals surface area contributed by atoms with Crippen LogP contribution in [0.2, 0.25) is 0 Å². The Morgan fingerprint density at radius 1 is 1.15 bits per heavy atom. The summed E-state index contributed by atoms with van der Waals surface area (Å²) in [4.78, 5) is 0. The molecule has 0 bridgehead atoms. The van der Waals surface area contributed by atoms with Gasteiger partial charge in [0.25, 0.3) is 0 Å². The largest absolute Gasteiger partial charge is 0.488 e. The Balaban J connectivity index is 2.04. The average molecular weight is 268 g/mol. The van der Waals surface area contributed by atoms with E-state index in [-0.39, 0.29) is 11.7 Å². The summed E-state index contributed by atoms with van der Waals surface area (Å²) in [6.45, 7) is 0. The molecule has 1 fully saturated rings. The van der Waals surface area contributed by atoms with Crippen molar-refractivity contribution in [2.75, 3.05) is 0 Å². The van der Waals surface area contributed by atoms with Crippen LogP contribution < -0.4 is 4.74 Å². The van der Waals surface area contributed by atoms with E-state index in [4.69, 9.17) is 15.3 Å². The summed E-state index contributed by atoms with van der Waals surface area (Å²) >= 11 is 0. The lowest BCUT2D eigenvalue weighted by Gasteiger charge is -2.28. The van der Waals surface area contributed by atoms with Crippen molar-refractivity contribution < 1.29 is 9.84 Å². The van der Waals surface area contributed by atoms with Crippen molar-refractivity contribution in [2.45, 2.75) is 37.9 Å². The summed E-state index contributed by atoms with van der Waals surface area (Å²) in [5.74, 6) is 0.698. The zero-order valence-electron chi connectivity index (χ0n) is 11.1. The fourth-order valence-electron chi connectivity index (χ4n) is 2.29. The predicted molar refractivity (Wildman–Crippen MR) is 74.5 cm³/mol. The molecule has 102 valence electrons. The van der Waals surface area contributed by atoms with Crippen LogP contribution >= 0.6 is 0 Å². The molecule has 0 aromatic heterocycles. The summed E-state index contributed by atoms with van der Waals surface area (Å²) in [5, 5.41) is 27.2. The van der Waals surface area contributed by atoms with E-state index < -0.39 is 6.10 Å². The molecule has 0 saturated heterocycles. The summed E-state index contributed by atoms with van der Waals surface area (Å²) < 4.78 is 5.78. The van der Waals surface area contributed by atoms with E-state index in [9.17, 15) is 5.11 Å². The van der Waals surface area contributed by atoms with Crippen molar-refractivity contribution in [3.63, 3.8) is 0 Å². The number of nitrogens with zero attached hydrogens (tertiary/aromatic N) is 2. The third-order valence-corrected chi connectivity index (χ3v) is 3.39. The SMILES string of the molecule is N#CC(C#N)=Cc1ccc(O[C@H]2CCCC[C@@H]2O)cc1. The second-order valence-corrected chi connectivity index (χ2v) is 4.86. The Bertz CT molecular complexity index is 548. The van der Waals surface area contributed by atoms with Crippen molar-refractivity contribution in [1.82, 2.24) is 0 Å². The zero-order chi connectivity index (χ0) is 14.4. The third kappa shape index (κ3) is 3.60. The molecule has 1 saturated carbocycles. The first-order valence-corrected chi connectivity index (χ1v) is 6.69. The highest BCUT2D eigenvalue weighted by Crippen LogP contribution is 2.24. The molecule has 1 N–H and O–H groups in total. The fourth-order valence-corrected chi connectivity index (χ4v) is 2.29. The highest BCUT2D eigenvalue weighted by Gasteiger charge is 2.24.